The van der Waals surface area contributed by atoms with Crippen LogP contribution in [0, 0.1) is 0 Å². The zero-order chi connectivity index (χ0) is 16.9. The molecule has 1 saturated heterocycles. The Kier molecular flexibility index (Phi) is 8.15. The standard InChI is InChI=1S/C16H25N3O3S.ClH/c1-3-19(4-2)16(20)13-7-9-15(10-8-13)23(21,22)18-14-6-5-11-17-12-14;/h7-10,14,17-18H,3-6,11-12H2,1-2H3;1H. The number of benzene rings is 1. The molecular formula is C16H26ClN3O3S. The average molecular weight is 376 g/mol. The maximum absolute atomic E-state index is 12.4. The highest BCUT2D eigenvalue weighted by atomic mass is 35.5. The van der Waals surface area contributed by atoms with Gasteiger partial charge in [-0.2, -0.15) is 0 Å². The molecule has 2 N–H and O–H groups in total. The first kappa shape index (κ1) is 20.9. The van der Waals surface area contributed by atoms with E-state index in [0.717, 1.165) is 19.4 Å². The summed E-state index contributed by atoms with van der Waals surface area (Å²) in [6.07, 6.45) is 1.80. The lowest BCUT2D eigenvalue weighted by Gasteiger charge is -2.23. The van der Waals surface area contributed by atoms with Gasteiger partial charge in [-0.25, -0.2) is 13.1 Å². The average Bonchev–Trinajstić information content (AvgIpc) is 2.56. The number of rotatable bonds is 6. The van der Waals surface area contributed by atoms with E-state index in [9.17, 15) is 13.2 Å². The van der Waals surface area contributed by atoms with Gasteiger partial charge in [0, 0.05) is 31.2 Å². The van der Waals surface area contributed by atoms with Gasteiger partial charge in [-0.3, -0.25) is 4.79 Å². The molecule has 0 spiro atoms. The fraction of sp³-hybridized carbons (Fsp3) is 0.562. The number of carbonyl (C=O) groups is 1. The predicted molar refractivity (Wildman–Crippen MR) is 97.2 cm³/mol. The molecule has 0 radical (unpaired) electrons. The molecule has 0 saturated carbocycles. The van der Waals surface area contributed by atoms with Crippen LogP contribution in [0.4, 0.5) is 0 Å². The second-order valence-corrected chi connectivity index (χ2v) is 7.38. The molecule has 1 unspecified atom stereocenters. The summed E-state index contributed by atoms with van der Waals surface area (Å²) in [7, 11) is -3.55. The van der Waals surface area contributed by atoms with Crippen molar-refractivity contribution in [2.75, 3.05) is 26.2 Å². The summed E-state index contributed by atoms with van der Waals surface area (Å²) in [5.41, 5.74) is 0.506. The first-order valence-corrected chi connectivity index (χ1v) is 9.58. The third-order valence-electron chi connectivity index (χ3n) is 4.08. The first-order valence-electron chi connectivity index (χ1n) is 8.10. The van der Waals surface area contributed by atoms with E-state index in [4.69, 9.17) is 0 Å². The lowest BCUT2D eigenvalue weighted by atomic mass is 10.1. The molecule has 8 heteroatoms. The normalized spacial score (nSPS) is 17.8. The van der Waals surface area contributed by atoms with Crippen LogP contribution in [0.2, 0.25) is 0 Å². The van der Waals surface area contributed by atoms with E-state index >= 15 is 0 Å². The van der Waals surface area contributed by atoms with E-state index in [-0.39, 0.29) is 29.3 Å². The summed E-state index contributed by atoms with van der Waals surface area (Å²) in [4.78, 5) is 14.1. The SMILES string of the molecule is CCN(CC)C(=O)c1ccc(S(=O)(=O)NC2CCCNC2)cc1.Cl. The molecule has 1 heterocycles. The Hall–Kier alpha value is -1.15. The Morgan fingerprint density at radius 2 is 1.88 bits per heavy atom. The molecule has 136 valence electrons. The molecule has 1 atom stereocenters. The monoisotopic (exact) mass is 375 g/mol. The van der Waals surface area contributed by atoms with E-state index in [0.29, 0.717) is 25.2 Å². The molecule has 1 aromatic rings. The lowest BCUT2D eigenvalue weighted by molar-refractivity contribution is 0.0773. The summed E-state index contributed by atoms with van der Waals surface area (Å²) in [6.45, 7) is 6.68. The van der Waals surface area contributed by atoms with Crippen LogP contribution in [0.5, 0.6) is 0 Å². The molecule has 0 aromatic heterocycles. The van der Waals surface area contributed by atoms with Crippen molar-refractivity contribution in [2.24, 2.45) is 0 Å². The Balaban J connectivity index is 0.00000288. The van der Waals surface area contributed by atoms with Crippen LogP contribution in [0.1, 0.15) is 37.0 Å². The molecule has 1 amide bonds. The molecule has 1 aliphatic rings. The Morgan fingerprint density at radius 3 is 2.38 bits per heavy atom. The smallest absolute Gasteiger partial charge is 0.253 e. The van der Waals surface area contributed by atoms with E-state index in [1.807, 2.05) is 13.8 Å². The quantitative estimate of drug-likeness (QED) is 0.792. The van der Waals surface area contributed by atoms with E-state index in [2.05, 4.69) is 10.0 Å². The van der Waals surface area contributed by atoms with E-state index < -0.39 is 10.0 Å². The van der Waals surface area contributed by atoms with Crippen molar-refractivity contribution in [3.8, 4) is 0 Å². The van der Waals surface area contributed by atoms with Crippen LogP contribution in [0.25, 0.3) is 0 Å². The third-order valence-corrected chi connectivity index (χ3v) is 5.62. The number of piperidine rings is 1. The maximum Gasteiger partial charge on any atom is 0.253 e. The number of hydrogen-bond acceptors (Lipinski definition) is 4. The topological polar surface area (TPSA) is 78.5 Å². The Bertz CT molecular complexity index is 624. The molecule has 0 bridgehead atoms. The number of hydrogen-bond donors (Lipinski definition) is 2. The van der Waals surface area contributed by atoms with Crippen molar-refractivity contribution < 1.29 is 13.2 Å². The van der Waals surface area contributed by atoms with Gasteiger partial charge in [0.05, 0.1) is 4.90 Å². The van der Waals surface area contributed by atoms with Crippen LogP contribution < -0.4 is 10.0 Å². The number of halogens is 1. The predicted octanol–water partition coefficient (Wildman–Crippen LogP) is 1.62. The number of amides is 1. The third kappa shape index (κ3) is 5.17. The van der Waals surface area contributed by atoms with Crippen LogP contribution in [0.15, 0.2) is 29.2 Å². The summed E-state index contributed by atoms with van der Waals surface area (Å²) in [6, 6.07) is 6.07. The molecule has 1 fully saturated rings. The van der Waals surface area contributed by atoms with Crippen LogP contribution in [0.3, 0.4) is 0 Å². The van der Waals surface area contributed by atoms with Gasteiger partial charge in [0.1, 0.15) is 0 Å². The van der Waals surface area contributed by atoms with Gasteiger partial charge in [0.2, 0.25) is 10.0 Å². The van der Waals surface area contributed by atoms with Gasteiger partial charge < -0.3 is 10.2 Å². The van der Waals surface area contributed by atoms with Crippen LogP contribution >= 0.6 is 12.4 Å². The number of carbonyl (C=O) groups excluding carboxylic acids is 1. The van der Waals surface area contributed by atoms with Gasteiger partial charge in [-0.05, 0) is 57.5 Å². The van der Waals surface area contributed by atoms with Gasteiger partial charge in [-0.1, -0.05) is 0 Å². The summed E-state index contributed by atoms with van der Waals surface area (Å²) in [5.74, 6) is -0.0802. The van der Waals surface area contributed by atoms with Crippen molar-refractivity contribution in [1.82, 2.24) is 14.9 Å². The van der Waals surface area contributed by atoms with Gasteiger partial charge in [0.15, 0.2) is 0 Å². The van der Waals surface area contributed by atoms with Crippen molar-refractivity contribution >= 4 is 28.3 Å². The molecule has 0 aliphatic carbocycles. The highest BCUT2D eigenvalue weighted by molar-refractivity contribution is 7.89. The fourth-order valence-electron chi connectivity index (χ4n) is 2.71. The van der Waals surface area contributed by atoms with Crippen LogP contribution in [-0.2, 0) is 10.0 Å². The molecule has 24 heavy (non-hydrogen) atoms. The minimum absolute atomic E-state index is 0. The number of nitrogens with one attached hydrogen (secondary N) is 2. The Morgan fingerprint density at radius 1 is 1.25 bits per heavy atom. The molecule has 1 aliphatic heterocycles. The highest BCUT2D eigenvalue weighted by Gasteiger charge is 2.22. The summed E-state index contributed by atoms with van der Waals surface area (Å²) < 4.78 is 27.5. The van der Waals surface area contributed by atoms with E-state index in [1.165, 1.54) is 12.1 Å². The van der Waals surface area contributed by atoms with Crippen molar-refractivity contribution in [3.63, 3.8) is 0 Å². The molecule has 2 rings (SSSR count). The maximum atomic E-state index is 12.4. The van der Waals surface area contributed by atoms with Gasteiger partial charge in [0.25, 0.3) is 5.91 Å². The Labute approximate surface area is 150 Å². The minimum atomic E-state index is -3.55. The minimum Gasteiger partial charge on any atom is -0.339 e. The molecular weight excluding hydrogens is 350 g/mol. The van der Waals surface area contributed by atoms with Gasteiger partial charge in [-0.15, -0.1) is 12.4 Å². The summed E-state index contributed by atoms with van der Waals surface area (Å²) >= 11 is 0. The van der Waals surface area contributed by atoms with Gasteiger partial charge >= 0.3 is 0 Å². The van der Waals surface area contributed by atoms with E-state index in [1.54, 1.807) is 17.0 Å². The highest BCUT2D eigenvalue weighted by Crippen LogP contribution is 2.14. The largest absolute Gasteiger partial charge is 0.339 e. The molecule has 1 aromatic carbocycles. The van der Waals surface area contributed by atoms with Crippen molar-refractivity contribution in [2.45, 2.75) is 37.6 Å². The van der Waals surface area contributed by atoms with Crippen molar-refractivity contribution in [1.29, 1.82) is 0 Å². The van der Waals surface area contributed by atoms with Crippen molar-refractivity contribution in [3.05, 3.63) is 29.8 Å². The summed E-state index contributed by atoms with van der Waals surface area (Å²) in [5, 5.41) is 3.18. The lowest BCUT2D eigenvalue weighted by Crippen LogP contribution is -2.45. The van der Waals surface area contributed by atoms with Crippen LogP contribution in [-0.4, -0.2) is 51.4 Å². The fourth-order valence-corrected chi connectivity index (χ4v) is 3.98. The second kappa shape index (κ2) is 9.36. The first-order chi connectivity index (χ1) is 11.0. The zero-order valence-electron chi connectivity index (χ0n) is 14.1. The number of nitrogens with zero attached hydrogens (tertiary/aromatic N) is 1. The molecule has 6 nitrogen and oxygen atoms in total. The number of sulfonamides is 1. The second-order valence-electron chi connectivity index (χ2n) is 5.67. The zero-order valence-corrected chi connectivity index (χ0v) is 15.8.